The largest absolute Gasteiger partial charge is 0.378 e. The van der Waals surface area contributed by atoms with E-state index < -0.39 is 0 Å². The fourth-order valence-electron chi connectivity index (χ4n) is 1.65. The minimum atomic E-state index is 0.543. The summed E-state index contributed by atoms with van der Waals surface area (Å²) in [7, 11) is 3.61. The van der Waals surface area contributed by atoms with E-state index in [1.165, 1.54) is 4.88 Å². The van der Waals surface area contributed by atoms with Crippen molar-refractivity contribution in [2.75, 3.05) is 14.2 Å². The Balaban J connectivity index is 2.33. The fraction of sp³-hybridized carbons (Fsp3) is 0.308. The third-order valence-corrected chi connectivity index (χ3v) is 3.89. The maximum absolute atomic E-state index is 5.89. The van der Waals surface area contributed by atoms with Gasteiger partial charge in [0.1, 0.15) is 5.01 Å². The summed E-state index contributed by atoms with van der Waals surface area (Å²) in [5.74, 6) is 0. The minimum absolute atomic E-state index is 0.543. The lowest BCUT2D eigenvalue weighted by Gasteiger charge is -1.98. The molecule has 0 bridgehead atoms. The van der Waals surface area contributed by atoms with Crippen molar-refractivity contribution in [3.8, 4) is 10.6 Å². The first-order valence-corrected chi connectivity index (χ1v) is 6.82. The molecule has 0 aliphatic carbocycles. The van der Waals surface area contributed by atoms with Crippen molar-refractivity contribution in [2.24, 2.45) is 0 Å². The van der Waals surface area contributed by atoms with E-state index in [0.717, 1.165) is 27.8 Å². The number of hydrogen-bond acceptors (Lipinski definition) is 4. The summed E-state index contributed by atoms with van der Waals surface area (Å²) in [6.07, 6.45) is 0. The van der Waals surface area contributed by atoms with Gasteiger partial charge in [-0.2, -0.15) is 0 Å². The SMILES string of the molecule is CNCc1sc(-c2ccc(Cl)cc2)nc1COC. The van der Waals surface area contributed by atoms with Crippen molar-refractivity contribution >= 4 is 22.9 Å². The Bertz CT molecular complexity index is 487. The van der Waals surface area contributed by atoms with Gasteiger partial charge in [0, 0.05) is 29.1 Å². The zero-order valence-electron chi connectivity index (χ0n) is 10.4. The van der Waals surface area contributed by atoms with Crippen molar-refractivity contribution in [3.05, 3.63) is 39.9 Å². The molecule has 0 unspecified atom stereocenters. The molecule has 0 fully saturated rings. The molecule has 2 rings (SSSR count). The number of benzene rings is 1. The highest BCUT2D eigenvalue weighted by Crippen LogP contribution is 2.29. The number of aromatic nitrogens is 1. The number of ether oxygens (including phenoxy) is 1. The number of halogens is 1. The lowest BCUT2D eigenvalue weighted by atomic mass is 10.2. The van der Waals surface area contributed by atoms with Gasteiger partial charge in [0.05, 0.1) is 12.3 Å². The first-order chi connectivity index (χ1) is 8.74. The zero-order valence-corrected chi connectivity index (χ0v) is 11.9. The summed E-state index contributed by atoms with van der Waals surface area (Å²) in [6.45, 7) is 1.35. The Hall–Kier alpha value is -0.940. The van der Waals surface area contributed by atoms with Crippen LogP contribution in [0.4, 0.5) is 0 Å². The molecule has 0 amide bonds. The molecular formula is C13H15ClN2OS. The average molecular weight is 283 g/mol. The van der Waals surface area contributed by atoms with Crippen molar-refractivity contribution in [3.63, 3.8) is 0 Å². The standard InChI is InChI=1S/C13H15ClN2OS/c1-15-7-12-11(8-17-2)16-13(18-12)9-3-5-10(14)6-4-9/h3-6,15H,7-8H2,1-2H3. The smallest absolute Gasteiger partial charge is 0.124 e. The van der Waals surface area contributed by atoms with Gasteiger partial charge in [-0.05, 0) is 19.2 Å². The molecule has 1 aromatic heterocycles. The van der Waals surface area contributed by atoms with Crippen molar-refractivity contribution in [1.29, 1.82) is 0 Å². The molecule has 5 heteroatoms. The van der Waals surface area contributed by atoms with E-state index in [0.29, 0.717) is 6.61 Å². The average Bonchev–Trinajstić information content (AvgIpc) is 2.75. The van der Waals surface area contributed by atoms with E-state index in [2.05, 4.69) is 10.3 Å². The van der Waals surface area contributed by atoms with Gasteiger partial charge in [-0.15, -0.1) is 11.3 Å². The van der Waals surface area contributed by atoms with Gasteiger partial charge in [0.25, 0.3) is 0 Å². The maximum Gasteiger partial charge on any atom is 0.124 e. The van der Waals surface area contributed by atoms with E-state index in [9.17, 15) is 0 Å². The van der Waals surface area contributed by atoms with Crippen LogP contribution in [0.1, 0.15) is 10.6 Å². The highest BCUT2D eigenvalue weighted by atomic mass is 35.5. The number of thiazole rings is 1. The highest BCUT2D eigenvalue weighted by Gasteiger charge is 2.11. The van der Waals surface area contributed by atoms with E-state index in [1.807, 2.05) is 31.3 Å². The van der Waals surface area contributed by atoms with Crippen LogP contribution < -0.4 is 5.32 Å². The maximum atomic E-state index is 5.89. The van der Waals surface area contributed by atoms with Gasteiger partial charge in [-0.3, -0.25) is 0 Å². The number of hydrogen-bond donors (Lipinski definition) is 1. The molecular weight excluding hydrogens is 268 g/mol. The molecule has 0 radical (unpaired) electrons. The third-order valence-electron chi connectivity index (χ3n) is 2.49. The van der Waals surface area contributed by atoms with Gasteiger partial charge >= 0.3 is 0 Å². The van der Waals surface area contributed by atoms with Crippen LogP contribution in [0.15, 0.2) is 24.3 Å². The van der Waals surface area contributed by atoms with E-state index >= 15 is 0 Å². The molecule has 0 saturated carbocycles. The van der Waals surface area contributed by atoms with Crippen LogP contribution in [-0.4, -0.2) is 19.1 Å². The highest BCUT2D eigenvalue weighted by molar-refractivity contribution is 7.15. The van der Waals surface area contributed by atoms with Crippen LogP contribution in [0.3, 0.4) is 0 Å². The number of methoxy groups -OCH3 is 1. The van der Waals surface area contributed by atoms with Crippen molar-refractivity contribution in [2.45, 2.75) is 13.2 Å². The van der Waals surface area contributed by atoms with Crippen LogP contribution >= 0.6 is 22.9 Å². The van der Waals surface area contributed by atoms with Crippen LogP contribution in [0, 0.1) is 0 Å². The van der Waals surface area contributed by atoms with Gasteiger partial charge < -0.3 is 10.1 Å². The molecule has 1 aromatic carbocycles. The summed E-state index contributed by atoms with van der Waals surface area (Å²) in [6, 6.07) is 7.74. The molecule has 1 N–H and O–H groups in total. The van der Waals surface area contributed by atoms with Crippen molar-refractivity contribution in [1.82, 2.24) is 10.3 Å². The molecule has 96 valence electrons. The predicted molar refractivity (Wildman–Crippen MR) is 76.0 cm³/mol. The monoisotopic (exact) mass is 282 g/mol. The zero-order chi connectivity index (χ0) is 13.0. The first kappa shape index (κ1) is 13.5. The second kappa shape index (κ2) is 6.29. The summed E-state index contributed by atoms with van der Waals surface area (Å²) < 4.78 is 5.18. The Kier molecular flexibility index (Phi) is 4.72. The van der Waals surface area contributed by atoms with Gasteiger partial charge in [-0.1, -0.05) is 23.7 Å². The van der Waals surface area contributed by atoms with E-state index in [4.69, 9.17) is 16.3 Å². The molecule has 0 saturated heterocycles. The summed E-state index contributed by atoms with van der Waals surface area (Å²) >= 11 is 7.57. The minimum Gasteiger partial charge on any atom is -0.378 e. The summed E-state index contributed by atoms with van der Waals surface area (Å²) in [4.78, 5) is 5.84. The normalized spacial score (nSPS) is 10.8. The second-order valence-corrected chi connectivity index (χ2v) is 5.38. The number of nitrogens with one attached hydrogen (secondary N) is 1. The summed E-state index contributed by atoms with van der Waals surface area (Å²) in [5, 5.41) is 4.89. The molecule has 1 heterocycles. The predicted octanol–water partition coefficient (Wildman–Crippen LogP) is 3.33. The number of nitrogens with zero attached hydrogens (tertiary/aromatic N) is 1. The van der Waals surface area contributed by atoms with Crippen LogP contribution in [0.5, 0.6) is 0 Å². The lowest BCUT2D eigenvalue weighted by molar-refractivity contribution is 0.181. The topological polar surface area (TPSA) is 34.2 Å². The Morgan fingerprint density at radius 3 is 2.67 bits per heavy atom. The number of rotatable bonds is 5. The van der Waals surface area contributed by atoms with Crippen LogP contribution in [0.25, 0.3) is 10.6 Å². The first-order valence-electron chi connectivity index (χ1n) is 5.62. The molecule has 2 aromatic rings. The van der Waals surface area contributed by atoms with Gasteiger partial charge in [-0.25, -0.2) is 4.98 Å². The molecule has 0 aliphatic heterocycles. The van der Waals surface area contributed by atoms with Crippen molar-refractivity contribution < 1.29 is 4.74 Å². The van der Waals surface area contributed by atoms with E-state index in [1.54, 1.807) is 18.4 Å². The van der Waals surface area contributed by atoms with E-state index in [-0.39, 0.29) is 0 Å². The summed E-state index contributed by atoms with van der Waals surface area (Å²) in [5.41, 5.74) is 2.09. The molecule has 0 aliphatic rings. The third kappa shape index (κ3) is 3.09. The molecule has 0 atom stereocenters. The fourth-order valence-corrected chi connectivity index (χ4v) is 2.86. The molecule has 3 nitrogen and oxygen atoms in total. The molecule has 18 heavy (non-hydrogen) atoms. The van der Waals surface area contributed by atoms with Gasteiger partial charge in [0.2, 0.25) is 0 Å². The Labute approximate surface area is 116 Å². The Morgan fingerprint density at radius 2 is 2.06 bits per heavy atom. The van der Waals surface area contributed by atoms with Crippen LogP contribution in [0.2, 0.25) is 5.02 Å². The second-order valence-electron chi connectivity index (χ2n) is 3.86. The quantitative estimate of drug-likeness (QED) is 0.913. The van der Waals surface area contributed by atoms with Gasteiger partial charge in [0.15, 0.2) is 0 Å². The lowest BCUT2D eigenvalue weighted by Crippen LogP contribution is -2.06. The Morgan fingerprint density at radius 1 is 1.33 bits per heavy atom. The molecule has 0 spiro atoms. The van der Waals surface area contributed by atoms with Crippen LogP contribution in [-0.2, 0) is 17.9 Å².